The average Bonchev–Trinajstić information content (AvgIpc) is 2.82. The van der Waals surface area contributed by atoms with Gasteiger partial charge in [0, 0.05) is 18.1 Å². The molecule has 0 bridgehead atoms. The van der Waals surface area contributed by atoms with E-state index < -0.39 is 12.3 Å². The van der Waals surface area contributed by atoms with E-state index in [1.165, 1.54) is 7.11 Å². The number of hydrogen-bond donors (Lipinski definition) is 2. The summed E-state index contributed by atoms with van der Waals surface area (Å²) in [5.74, 6) is -0.293. The summed E-state index contributed by atoms with van der Waals surface area (Å²) in [5.41, 5.74) is 4.50. The van der Waals surface area contributed by atoms with Crippen molar-refractivity contribution in [1.82, 2.24) is 10.3 Å². The summed E-state index contributed by atoms with van der Waals surface area (Å²) >= 11 is 0. The second-order valence-electron chi connectivity index (χ2n) is 7.33. The van der Waals surface area contributed by atoms with Crippen LogP contribution in [-0.4, -0.2) is 29.4 Å². The highest BCUT2D eigenvalue weighted by Gasteiger charge is 2.26. The van der Waals surface area contributed by atoms with Crippen molar-refractivity contribution < 1.29 is 14.6 Å². The van der Waals surface area contributed by atoms with Crippen molar-refractivity contribution >= 4 is 16.8 Å². The van der Waals surface area contributed by atoms with Gasteiger partial charge < -0.3 is 15.2 Å². The molecule has 4 aromatic rings. The van der Waals surface area contributed by atoms with E-state index in [4.69, 9.17) is 9.72 Å². The maximum atomic E-state index is 13.6. The molecule has 0 saturated carbocycles. The van der Waals surface area contributed by atoms with Gasteiger partial charge in [0.2, 0.25) is 0 Å². The summed E-state index contributed by atoms with van der Waals surface area (Å²) in [6, 6.07) is 26.0. The number of carbonyl (C=O) groups excluding carboxylic acids is 1. The molecule has 1 amide bonds. The molecule has 1 aromatic heterocycles. The van der Waals surface area contributed by atoms with E-state index in [9.17, 15) is 9.90 Å². The molecule has 31 heavy (non-hydrogen) atoms. The molecule has 0 radical (unpaired) electrons. The number of para-hydroxylation sites is 1. The molecular formula is C26H24N2O3. The quantitative estimate of drug-likeness (QED) is 0.453. The van der Waals surface area contributed by atoms with Gasteiger partial charge in [0.1, 0.15) is 6.04 Å². The van der Waals surface area contributed by atoms with E-state index in [1.807, 2.05) is 91.9 Å². The van der Waals surface area contributed by atoms with Crippen molar-refractivity contribution in [3.8, 4) is 11.3 Å². The van der Waals surface area contributed by atoms with Gasteiger partial charge in [0.25, 0.3) is 5.91 Å². The first-order chi connectivity index (χ1) is 15.1. The zero-order chi connectivity index (χ0) is 21.8. The second kappa shape index (κ2) is 9.08. The van der Waals surface area contributed by atoms with E-state index in [0.717, 1.165) is 33.3 Å². The van der Waals surface area contributed by atoms with Crippen molar-refractivity contribution in [2.24, 2.45) is 0 Å². The lowest BCUT2D eigenvalue weighted by atomic mass is 9.96. The van der Waals surface area contributed by atoms with Crippen LogP contribution in [-0.2, 0) is 4.74 Å². The minimum absolute atomic E-state index is 0.293. The molecule has 0 aliphatic rings. The Kier molecular flexibility index (Phi) is 6.07. The van der Waals surface area contributed by atoms with Gasteiger partial charge in [-0.15, -0.1) is 0 Å². The molecule has 0 spiro atoms. The van der Waals surface area contributed by atoms with Gasteiger partial charge in [-0.05, 0) is 24.1 Å². The summed E-state index contributed by atoms with van der Waals surface area (Å²) in [6.07, 6.45) is -1.19. The number of carbonyl (C=O) groups is 1. The van der Waals surface area contributed by atoms with Crippen LogP contribution in [0.5, 0.6) is 0 Å². The van der Waals surface area contributed by atoms with Crippen molar-refractivity contribution in [3.05, 3.63) is 102 Å². The van der Waals surface area contributed by atoms with E-state index in [-0.39, 0.29) is 5.91 Å². The third-order valence-corrected chi connectivity index (χ3v) is 5.38. The van der Waals surface area contributed by atoms with Crippen LogP contribution in [0, 0.1) is 6.92 Å². The first-order valence-electron chi connectivity index (χ1n) is 10.1. The Labute approximate surface area is 181 Å². The lowest BCUT2D eigenvalue weighted by Gasteiger charge is -2.24. The number of benzene rings is 3. The molecule has 1 heterocycles. The highest BCUT2D eigenvalue weighted by atomic mass is 16.6. The molecule has 2 unspecified atom stereocenters. The monoisotopic (exact) mass is 412 g/mol. The van der Waals surface area contributed by atoms with Crippen LogP contribution in [0.25, 0.3) is 22.2 Å². The van der Waals surface area contributed by atoms with E-state index in [1.54, 1.807) is 0 Å². The predicted octanol–water partition coefficient (Wildman–Crippen LogP) is 4.65. The SMILES string of the molecule is COC(O)C(NC(=O)c1c(C)c(-c2ccccc2)nc2ccccc12)c1ccccc1. The van der Waals surface area contributed by atoms with Gasteiger partial charge in [-0.2, -0.15) is 0 Å². The Bertz CT molecular complexity index is 1190. The highest BCUT2D eigenvalue weighted by Crippen LogP contribution is 2.30. The summed E-state index contributed by atoms with van der Waals surface area (Å²) < 4.78 is 5.14. The number of aromatic nitrogens is 1. The number of fused-ring (bicyclic) bond motifs is 1. The summed E-state index contributed by atoms with van der Waals surface area (Å²) in [7, 11) is 1.41. The van der Waals surface area contributed by atoms with Crippen molar-refractivity contribution in [2.45, 2.75) is 19.3 Å². The standard InChI is InChI=1S/C26H24N2O3/c1-17-22(25(29)28-24(26(30)31-2)19-13-7-4-8-14-19)20-15-9-10-16-21(20)27-23(17)18-11-5-3-6-12-18/h3-16,24,26,30H,1-2H3,(H,28,29). The molecule has 0 aliphatic carbocycles. The number of ether oxygens (including phenoxy) is 1. The number of hydrogen-bond acceptors (Lipinski definition) is 4. The van der Waals surface area contributed by atoms with Crippen LogP contribution < -0.4 is 5.32 Å². The Morgan fingerprint density at radius 1 is 0.935 bits per heavy atom. The minimum Gasteiger partial charge on any atom is -0.366 e. The van der Waals surface area contributed by atoms with E-state index in [2.05, 4.69) is 5.32 Å². The molecule has 0 saturated heterocycles. The maximum absolute atomic E-state index is 13.6. The van der Waals surface area contributed by atoms with Crippen molar-refractivity contribution in [1.29, 1.82) is 0 Å². The third-order valence-electron chi connectivity index (χ3n) is 5.38. The molecule has 3 aromatic carbocycles. The lowest BCUT2D eigenvalue weighted by molar-refractivity contribution is -0.0961. The van der Waals surface area contributed by atoms with Gasteiger partial charge in [0.05, 0.1) is 16.8 Å². The fraction of sp³-hybridized carbons (Fsp3) is 0.154. The number of pyridine rings is 1. The first-order valence-corrected chi connectivity index (χ1v) is 10.1. The molecular weight excluding hydrogens is 388 g/mol. The van der Waals surface area contributed by atoms with Crippen molar-refractivity contribution in [2.75, 3.05) is 7.11 Å². The molecule has 4 rings (SSSR count). The van der Waals surface area contributed by atoms with Crippen molar-refractivity contribution in [3.63, 3.8) is 0 Å². The fourth-order valence-corrected chi connectivity index (χ4v) is 3.81. The molecule has 5 heteroatoms. The smallest absolute Gasteiger partial charge is 0.252 e. The number of nitrogens with one attached hydrogen (secondary N) is 1. The van der Waals surface area contributed by atoms with Crippen LogP contribution in [0.4, 0.5) is 0 Å². The second-order valence-corrected chi connectivity index (χ2v) is 7.33. The number of nitrogens with zero attached hydrogens (tertiary/aromatic N) is 1. The Hall–Kier alpha value is -3.54. The molecule has 156 valence electrons. The summed E-state index contributed by atoms with van der Waals surface area (Å²) in [4.78, 5) is 18.4. The molecule has 0 aliphatic heterocycles. The Morgan fingerprint density at radius 3 is 2.23 bits per heavy atom. The molecule has 2 N–H and O–H groups in total. The van der Waals surface area contributed by atoms with Crippen LogP contribution >= 0.6 is 0 Å². The van der Waals surface area contributed by atoms with Gasteiger partial charge in [-0.3, -0.25) is 4.79 Å². The van der Waals surface area contributed by atoms with Crippen LogP contribution in [0.3, 0.4) is 0 Å². The van der Waals surface area contributed by atoms with E-state index >= 15 is 0 Å². The Morgan fingerprint density at radius 2 is 1.55 bits per heavy atom. The van der Waals surface area contributed by atoms with E-state index in [0.29, 0.717) is 5.56 Å². The number of rotatable bonds is 6. The number of amides is 1. The van der Waals surface area contributed by atoms with Crippen LogP contribution in [0.2, 0.25) is 0 Å². The zero-order valence-electron chi connectivity index (χ0n) is 17.4. The molecule has 2 atom stereocenters. The first kappa shape index (κ1) is 20.7. The summed E-state index contributed by atoms with van der Waals surface area (Å²) in [6.45, 7) is 1.90. The lowest BCUT2D eigenvalue weighted by Crippen LogP contribution is -2.37. The summed E-state index contributed by atoms with van der Waals surface area (Å²) in [5, 5.41) is 14.2. The number of methoxy groups -OCH3 is 1. The van der Waals surface area contributed by atoms with Crippen LogP contribution in [0.15, 0.2) is 84.9 Å². The minimum atomic E-state index is -1.19. The Balaban J connectivity index is 1.82. The zero-order valence-corrected chi connectivity index (χ0v) is 17.4. The fourth-order valence-electron chi connectivity index (χ4n) is 3.81. The maximum Gasteiger partial charge on any atom is 0.252 e. The van der Waals surface area contributed by atoms with Gasteiger partial charge >= 0.3 is 0 Å². The molecule has 0 fully saturated rings. The third kappa shape index (κ3) is 4.19. The molecule has 5 nitrogen and oxygen atoms in total. The number of aliphatic hydroxyl groups is 1. The number of aliphatic hydroxyl groups excluding tert-OH is 1. The average molecular weight is 412 g/mol. The van der Waals surface area contributed by atoms with Crippen LogP contribution in [0.1, 0.15) is 27.5 Å². The van der Waals surface area contributed by atoms with Gasteiger partial charge in [0.15, 0.2) is 6.29 Å². The normalized spacial score (nSPS) is 13.0. The van der Waals surface area contributed by atoms with Gasteiger partial charge in [-0.1, -0.05) is 78.9 Å². The topological polar surface area (TPSA) is 71.5 Å². The highest BCUT2D eigenvalue weighted by molar-refractivity contribution is 6.09. The largest absolute Gasteiger partial charge is 0.366 e. The van der Waals surface area contributed by atoms with Gasteiger partial charge in [-0.25, -0.2) is 4.98 Å². The predicted molar refractivity (Wildman–Crippen MR) is 122 cm³/mol.